The third kappa shape index (κ3) is 4.87. The fourth-order valence-electron chi connectivity index (χ4n) is 1.48. The van der Waals surface area contributed by atoms with Gasteiger partial charge in [-0.3, -0.25) is 0 Å². The van der Waals surface area contributed by atoms with Crippen LogP contribution in [0.4, 0.5) is 5.82 Å². The Kier molecular flexibility index (Phi) is 7.10. The zero-order valence-electron chi connectivity index (χ0n) is 11.5. The zero-order chi connectivity index (χ0) is 13.2. The van der Waals surface area contributed by atoms with Crippen molar-refractivity contribution >= 4 is 5.82 Å². The molecule has 0 saturated heterocycles. The predicted molar refractivity (Wildman–Crippen MR) is 72.2 cm³/mol. The van der Waals surface area contributed by atoms with E-state index in [9.17, 15) is 0 Å². The number of hydrogen-bond acceptors (Lipinski definition) is 5. The number of nitrogens with one attached hydrogen (secondary N) is 1. The number of hydrogen-bond donors (Lipinski definition) is 1. The minimum atomic E-state index is 0.609. The Labute approximate surface area is 109 Å². The average molecular weight is 253 g/mol. The van der Waals surface area contributed by atoms with Crippen LogP contribution in [-0.4, -0.2) is 36.3 Å². The van der Waals surface area contributed by atoms with E-state index in [0.29, 0.717) is 19.1 Å². The van der Waals surface area contributed by atoms with Crippen LogP contribution in [0.5, 0.6) is 5.88 Å². The van der Waals surface area contributed by atoms with E-state index >= 15 is 0 Å². The second-order valence-electron chi connectivity index (χ2n) is 3.98. The van der Waals surface area contributed by atoms with Gasteiger partial charge in [0.15, 0.2) is 0 Å². The second kappa shape index (κ2) is 8.69. The van der Waals surface area contributed by atoms with Gasteiger partial charge in [-0.15, -0.1) is 0 Å². The maximum atomic E-state index is 5.48. The lowest BCUT2D eigenvalue weighted by atomic mass is 10.3. The highest BCUT2D eigenvalue weighted by molar-refractivity contribution is 5.47. The van der Waals surface area contributed by atoms with Gasteiger partial charge >= 0.3 is 0 Å². The van der Waals surface area contributed by atoms with Crippen LogP contribution in [0.15, 0.2) is 6.33 Å². The SMILES string of the molecule is CCCCOCCNc1ncnc(OCC)c1C. The van der Waals surface area contributed by atoms with Crippen molar-refractivity contribution in [2.45, 2.75) is 33.6 Å². The Morgan fingerprint density at radius 2 is 2.06 bits per heavy atom. The first kappa shape index (κ1) is 14.7. The second-order valence-corrected chi connectivity index (χ2v) is 3.98. The molecule has 102 valence electrons. The summed E-state index contributed by atoms with van der Waals surface area (Å²) in [6.07, 6.45) is 3.79. The van der Waals surface area contributed by atoms with E-state index in [1.807, 2.05) is 13.8 Å². The largest absolute Gasteiger partial charge is 0.478 e. The number of aromatic nitrogens is 2. The van der Waals surface area contributed by atoms with Crippen LogP contribution < -0.4 is 10.1 Å². The topological polar surface area (TPSA) is 56.3 Å². The molecule has 1 heterocycles. The van der Waals surface area contributed by atoms with Gasteiger partial charge in [0.05, 0.1) is 18.8 Å². The molecule has 5 heteroatoms. The Hall–Kier alpha value is -1.36. The molecular weight excluding hydrogens is 230 g/mol. The van der Waals surface area contributed by atoms with Crippen molar-refractivity contribution in [3.8, 4) is 5.88 Å². The summed E-state index contributed by atoms with van der Waals surface area (Å²) < 4.78 is 10.9. The summed E-state index contributed by atoms with van der Waals surface area (Å²) in [5.74, 6) is 1.45. The van der Waals surface area contributed by atoms with Crippen LogP contribution in [0, 0.1) is 6.92 Å². The van der Waals surface area contributed by atoms with Crippen LogP contribution in [0.2, 0.25) is 0 Å². The van der Waals surface area contributed by atoms with Gasteiger partial charge in [0.1, 0.15) is 12.1 Å². The first-order valence-corrected chi connectivity index (χ1v) is 6.55. The summed E-state index contributed by atoms with van der Waals surface area (Å²) in [5, 5.41) is 3.23. The van der Waals surface area contributed by atoms with Crippen molar-refractivity contribution in [2.75, 3.05) is 31.7 Å². The fourth-order valence-corrected chi connectivity index (χ4v) is 1.48. The van der Waals surface area contributed by atoms with Gasteiger partial charge < -0.3 is 14.8 Å². The van der Waals surface area contributed by atoms with Crippen molar-refractivity contribution in [3.63, 3.8) is 0 Å². The van der Waals surface area contributed by atoms with Crippen molar-refractivity contribution in [3.05, 3.63) is 11.9 Å². The van der Waals surface area contributed by atoms with E-state index in [1.165, 1.54) is 6.33 Å². The molecule has 0 aliphatic carbocycles. The molecule has 0 bridgehead atoms. The molecule has 1 N–H and O–H groups in total. The monoisotopic (exact) mass is 253 g/mol. The lowest BCUT2D eigenvalue weighted by Gasteiger charge is -2.11. The van der Waals surface area contributed by atoms with E-state index in [4.69, 9.17) is 9.47 Å². The van der Waals surface area contributed by atoms with Crippen molar-refractivity contribution in [1.82, 2.24) is 9.97 Å². The predicted octanol–water partition coefficient (Wildman–Crippen LogP) is 2.41. The Balaban J connectivity index is 2.35. The summed E-state index contributed by atoms with van der Waals surface area (Å²) in [4.78, 5) is 8.29. The number of anilines is 1. The maximum absolute atomic E-state index is 5.48. The normalized spacial score (nSPS) is 10.4. The summed E-state index contributed by atoms with van der Waals surface area (Å²) in [6, 6.07) is 0. The molecule has 0 aliphatic heterocycles. The minimum Gasteiger partial charge on any atom is -0.478 e. The summed E-state index contributed by atoms with van der Waals surface area (Å²) >= 11 is 0. The lowest BCUT2D eigenvalue weighted by Crippen LogP contribution is -2.12. The number of nitrogens with zero attached hydrogens (tertiary/aromatic N) is 2. The van der Waals surface area contributed by atoms with Gasteiger partial charge in [0.2, 0.25) is 5.88 Å². The van der Waals surface area contributed by atoms with Gasteiger partial charge in [0.25, 0.3) is 0 Å². The fraction of sp³-hybridized carbons (Fsp3) is 0.692. The van der Waals surface area contributed by atoms with Crippen molar-refractivity contribution in [1.29, 1.82) is 0 Å². The Morgan fingerprint density at radius 1 is 1.22 bits per heavy atom. The number of unbranched alkanes of at least 4 members (excludes halogenated alkanes) is 1. The Bertz CT molecular complexity index is 345. The smallest absolute Gasteiger partial charge is 0.221 e. The molecular formula is C13H23N3O2. The van der Waals surface area contributed by atoms with Gasteiger partial charge in [-0.1, -0.05) is 13.3 Å². The molecule has 18 heavy (non-hydrogen) atoms. The molecule has 0 amide bonds. The van der Waals surface area contributed by atoms with Gasteiger partial charge in [0, 0.05) is 13.2 Å². The van der Waals surface area contributed by atoms with E-state index in [-0.39, 0.29) is 0 Å². The number of rotatable bonds is 9. The quantitative estimate of drug-likeness (QED) is 0.685. The highest BCUT2D eigenvalue weighted by Gasteiger charge is 2.06. The van der Waals surface area contributed by atoms with Crippen LogP contribution in [0.3, 0.4) is 0 Å². The first-order valence-electron chi connectivity index (χ1n) is 6.55. The van der Waals surface area contributed by atoms with Gasteiger partial charge in [-0.05, 0) is 20.3 Å². The zero-order valence-corrected chi connectivity index (χ0v) is 11.5. The minimum absolute atomic E-state index is 0.609. The average Bonchev–Trinajstić information content (AvgIpc) is 2.38. The van der Waals surface area contributed by atoms with Crippen LogP contribution in [0.25, 0.3) is 0 Å². The molecule has 1 aromatic heterocycles. The summed E-state index contributed by atoms with van der Waals surface area (Å²) in [7, 11) is 0. The van der Waals surface area contributed by atoms with E-state index in [2.05, 4.69) is 22.2 Å². The summed E-state index contributed by atoms with van der Waals surface area (Å²) in [5.41, 5.74) is 0.938. The maximum Gasteiger partial charge on any atom is 0.221 e. The molecule has 1 aromatic rings. The molecule has 0 saturated carbocycles. The third-order valence-electron chi connectivity index (χ3n) is 2.50. The highest BCUT2D eigenvalue weighted by atomic mass is 16.5. The van der Waals surface area contributed by atoms with Crippen LogP contribution in [0.1, 0.15) is 32.3 Å². The van der Waals surface area contributed by atoms with Gasteiger partial charge in [-0.25, -0.2) is 9.97 Å². The molecule has 1 rings (SSSR count). The molecule has 0 unspecified atom stereocenters. The molecule has 0 aromatic carbocycles. The van der Waals surface area contributed by atoms with Crippen LogP contribution in [-0.2, 0) is 4.74 Å². The van der Waals surface area contributed by atoms with Crippen LogP contribution >= 0.6 is 0 Å². The van der Waals surface area contributed by atoms with E-state index in [0.717, 1.165) is 37.4 Å². The first-order chi connectivity index (χ1) is 8.79. The highest BCUT2D eigenvalue weighted by Crippen LogP contribution is 2.19. The lowest BCUT2D eigenvalue weighted by molar-refractivity contribution is 0.141. The van der Waals surface area contributed by atoms with Crippen molar-refractivity contribution < 1.29 is 9.47 Å². The summed E-state index contributed by atoms with van der Waals surface area (Å²) in [6.45, 7) is 8.91. The Morgan fingerprint density at radius 3 is 2.78 bits per heavy atom. The molecule has 0 spiro atoms. The van der Waals surface area contributed by atoms with Gasteiger partial charge in [-0.2, -0.15) is 0 Å². The number of ether oxygens (including phenoxy) is 2. The molecule has 0 atom stereocenters. The third-order valence-corrected chi connectivity index (χ3v) is 2.50. The van der Waals surface area contributed by atoms with E-state index in [1.54, 1.807) is 0 Å². The standard InChI is InChI=1S/C13H23N3O2/c1-4-6-8-17-9-7-14-12-11(3)13(18-5-2)16-10-15-12/h10H,4-9H2,1-3H3,(H,14,15,16). The van der Waals surface area contributed by atoms with Crippen molar-refractivity contribution in [2.24, 2.45) is 0 Å². The molecule has 0 fully saturated rings. The van der Waals surface area contributed by atoms with E-state index < -0.39 is 0 Å². The molecule has 5 nitrogen and oxygen atoms in total. The molecule has 0 aliphatic rings. The molecule has 0 radical (unpaired) electrons.